The van der Waals surface area contributed by atoms with Crippen molar-refractivity contribution < 1.29 is 9.53 Å². The summed E-state index contributed by atoms with van der Waals surface area (Å²) in [5.74, 6) is 5.61. The molecule has 0 radical (unpaired) electrons. The summed E-state index contributed by atoms with van der Waals surface area (Å²) < 4.78 is 5.45. The SMILES string of the molecule is N/N=C(\N)C1(c2ccc(C(=O)Nc3ccccc3N)cc2)CCOCC1. The highest BCUT2D eigenvalue weighted by Gasteiger charge is 2.38. The maximum atomic E-state index is 12.5. The van der Waals surface area contributed by atoms with E-state index in [2.05, 4.69) is 10.4 Å². The van der Waals surface area contributed by atoms with Gasteiger partial charge in [0.15, 0.2) is 0 Å². The lowest BCUT2D eigenvalue weighted by Crippen LogP contribution is -2.46. The Balaban J connectivity index is 1.83. The summed E-state index contributed by atoms with van der Waals surface area (Å²) in [5, 5.41) is 6.55. The highest BCUT2D eigenvalue weighted by Crippen LogP contribution is 2.35. The number of nitrogen functional groups attached to an aromatic ring is 1. The molecule has 1 saturated heterocycles. The Kier molecular flexibility index (Phi) is 5.09. The van der Waals surface area contributed by atoms with Crippen LogP contribution in [0, 0.1) is 0 Å². The molecular formula is C19H23N5O2. The number of benzene rings is 2. The third kappa shape index (κ3) is 3.34. The molecule has 0 atom stereocenters. The van der Waals surface area contributed by atoms with Gasteiger partial charge < -0.3 is 27.4 Å². The van der Waals surface area contributed by atoms with E-state index >= 15 is 0 Å². The van der Waals surface area contributed by atoms with Crippen LogP contribution in [0.25, 0.3) is 0 Å². The predicted octanol–water partition coefficient (Wildman–Crippen LogP) is 1.80. The number of para-hydroxylation sites is 2. The number of amidine groups is 1. The van der Waals surface area contributed by atoms with Crippen molar-refractivity contribution in [3.8, 4) is 0 Å². The molecule has 0 spiro atoms. The molecule has 136 valence electrons. The number of carbonyl (C=O) groups excluding carboxylic acids is 1. The van der Waals surface area contributed by atoms with Gasteiger partial charge in [-0.2, -0.15) is 5.10 Å². The number of ether oxygens (including phenoxy) is 1. The van der Waals surface area contributed by atoms with Gasteiger partial charge in [-0.3, -0.25) is 4.79 Å². The van der Waals surface area contributed by atoms with Gasteiger partial charge in [0.05, 0.1) is 16.8 Å². The number of nitrogens with one attached hydrogen (secondary N) is 1. The van der Waals surface area contributed by atoms with Gasteiger partial charge in [0.1, 0.15) is 5.84 Å². The monoisotopic (exact) mass is 353 g/mol. The molecule has 1 amide bonds. The van der Waals surface area contributed by atoms with E-state index in [4.69, 9.17) is 22.0 Å². The number of amides is 1. The first kappa shape index (κ1) is 17.8. The number of carbonyl (C=O) groups is 1. The van der Waals surface area contributed by atoms with Gasteiger partial charge in [0.25, 0.3) is 5.91 Å². The van der Waals surface area contributed by atoms with E-state index in [1.54, 1.807) is 24.3 Å². The van der Waals surface area contributed by atoms with Crippen molar-refractivity contribution in [2.75, 3.05) is 24.3 Å². The lowest BCUT2D eigenvalue weighted by molar-refractivity contribution is 0.0704. The molecule has 2 aromatic carbocycles. The molecule has 7 nitrogen and oxygen atoms in total. The van der Waals surface area contributed by atoms with Crippen molar-refractivity contribution in [3.05, 3.63) is 59.7 Å². The molecule has 1 heterocycles. The smallest absolute Gasteiger partial charge is 0.255 e. The maximum absolute atomic E-state index is 12.5. The van der Waals surface area contributed by atoms with Gasteiger partial charge in [-0.15, -0.1) is 0 Å². The third-order valence-corrected chi connectivity index (χ3v) is 4.88. The minimum Gasteiger partial charge on any atom is -0.397 e. The first-order chi connectivity index (χ1) is 12.6. The van der Waals surface area contributed by atoms with Gasteiger partial charge in [0.2, 0.25) is 0 Å². The van der Waals surface area contributed by atoms with Crippen LogP contribution in [0.4, 0.5) is 11.4 Å². The largest absolute Gasteiger partial charge is 0.397 e. The summed E-state index contributed by atoms with van der Waals surface area (Å²) in [6, 6.07) is 14.5. The number of anilines is 2. The Morgan fingerprint density at radius 3 is 2.35 bits per heavy atom. The summed E-state index contributed by atoms with van der Waals surface area (Å²) in [5.41, 5.74) is 14.1. The zero-order valence-corrected chi connectivity index (χ0v) is 14.4. The molecule has 3 rings (SSSR count). The van der Waals surface area contributed by atoms with E-state index < -0.39 is 5.41 Å². The zero-order valence-electron chi connectivity index (χ0n) is 14.4. The molecule has 0 aliphatic carbocycles. The first-order valence-corrected chi connectivity index (χ1v) is 8.45. The minimum atomic E-state index is -0.453. The molecule has 0 bridgehead atoms. The molecule has 26 heavy (non-hydrogen) atoms. The van der Waals surface area contributed by atoms with Crippen molar-refractivity contribution in [2.45, 2.75) is 18.3 Å². The zero-order chi connectivity index (χ0) is 18.6. The molecule has 0 saturated carbocycles. The number of hydrogen-bond acceptors (Lipinski definition) is 5. The van der Waals surface area contributed by atoms with Gasteiger partial charge in [-0.1, -0.05) is 24.3 Å². The molecule has 1 fully saturated rings. The lowest BCUT2D eigenvalue weighted by Gasteiger charge is -2.36. The minimum absolute atomic E-state index is 0.226. The van der Waals surface area contributed by atoms with Crippen molar-refractivity contribution in [2.24, 2.45) is 16.7 Å². The summed E-state index contributed by atoms with van der Waals surface area (Å²) in [6.45, 7) is 1.18. The van der Waals surface area contributed by atoms with Crippen LogP contribution in [0.2, 0.25) is 0 Å². The first-order valence-electron chi connectivity index (χ1n) is 8.45. The summed E-state index contributed by atoms with van der Waals surface area (Å²) in [6.07, 6.45) is 1.40. The summed E-state index contributed by atoms with van der Waals surface area (Å²) in [4.78, 5) is 12.5. The highest BCUT2D eigenvalue weighted by atomic mass is 16.5. The topological polar surface area (TPSA) is 129 Å². The Bertz CT molecular complexity index is 811. The van der Waals surface area contributed by atoms with Crippen LogP contribution in [0.1, 0.15) is 28.8 Å². The normalized spacial score (nSPS) is 16.8. The number of nitrogens with two attached hydrogens (primary N) is 3. The second kappa shape index (κ2) is 7.45. The molecule has 7 heteroatoms. The van der Waals surface area contributed by atoms with Crippen LogP contribution in [0.15, 0.2) is 53.6 Å². The number of nitrogens with zero attached hydrogens (tertiary/aromatic N) is 1. The second-order valence-electron chi connectivity index (χ2n) is 6.33. The summed E-state index contributed by atoms with van der Waals surface area (Å²) >= 11 is 0. The average Bonchev–Trinajstić information content (AvgIpc) is 2.69. The van der Waals surface area contributed by atoms with Gasteiger partial charge in [-0.05, 0) is 42.7 Å². The highest BCUT2D eigenvalue weighted by molar-refractivity contribution is 6.05. The van der Waals surface area contributed by atoms with Crippen LogP contribution < -0.4 is 22.6 Å². The van der Waals surface area contributed by atoms with Crippen LogP contribution in [-0.2, 0) is 10.2 Å². The van der Waals surface area contributed by atoms with Crippen molar-refractivity contribution in [1.29, 1.82) is 0 Å². The van der Waals surface area contributed by atoms with Crippen molar-refractivity contribution >= 4 is 23.1 Å². The van der Waals surface area contributed by atoms with E-state index in [1.165, 1.54) is 0 Å². The molecule has 0 unspecified atom stereocenters. The van der Waals surface area contributed by atoms with Crippen LogP contribution >= 0.6 is 0 Å². The number of hydrogen-bond donors (Lipinski definition) is 4. The van der Waals surface area contributed by atoms with Crippen molar-refractivity contribution in [3.63, 3.8) is 0 Å². The van der Waals surface area contributed by atoms with Crippen molar-refractivity contribution in [1.82, 2.24) is 0 Å². The Hall–Kier alpha value is -3.06. The van der Waals surface area contributed by atoms with Gasteiger partial charge in [0, 0.05) is 18.8 Å². The number of hydrazone groups is 1. The molecule has 1 aliphatic rings. The predicted molar refractivity (Wildman–Crippen MR) is 103 cm³/mol. The Morgan fingerprint density at radius 2 is 1.73 bits per heavy atom. The van der Waals surface area contributed by atoms with E-state index in [1.807, 2.05) is 24.3 Å². The Morgan fingerprint density at radius 1 is 1.08 bits per heavy atom. The molecule has 1 aliphatic heterocycles. The van der Waals surface area contributed by atoms with Gasteiger partial charge in [-0.25, -0.2) is 0 Å². The molecule has 7 N–H and O–H groups in total. The lowest BCUT2D eigenvalue weighted by atomic mass is 9.73. The van der Waals surface area contributed by atoms with E-state index in [0.29, 0.717) is 48.8 Å². The number of rotatable bonds is 4. The Labute approximate surface area is 152 Å². The molecule has 2 aromatic rings. The average molecular weight is 353 g/mol. The van der Waals surface area contributed by atoms with Crippen LogP contribution in [-0.4, -0.2) is 25.0 Å². The fourth-order valence-electron chi connectivity index (χ4n) is 3.28. The van der Waals surface area contributed by atoms with E-state index in [0.717, 1.165) is 5.56 Å². The standard InChI is InChI=1S/C19H23N5O2/c20-15-3-1-2-4-16(15)23-17(25)13-5-7-14(8-6-13)19(18(21)24-22)9-11-26-12-10-19/h1-8H,9-12,20,22H2,(H2,21,24)(H,23,25). The van der Waals surface area contributed by atoms with E-state index in [9.17, 15) is 4.79 Å². The van der Waals surface area contributed by atoms with E-state index in [-0.39, 0.29) is 5.91 Å². The maximum Gasteiger partial charge on any atom is 0.255 e. The quantitative estimate of drug-likeness (QED) is 0.219. The fraction of sp³-hybridized carbons (Fsp3) is 0.263. The summed E-state index contributed by atoms with van der Waals surface area (Å²) in [7, 11) is 0. The third-order valence-electron chi connectivity index (χ3n) is 4.88. The second-order valence-corrected chi connectivity index (χ2v) is 6.33. The fourth-order valence-corrected chi connectivity index (χ4v) is 3.28. The molecular weight excluding hydrogens is 330 g/mol. The molecule has 0 aromatic heterocycles. The van der Waals surface area contributed by atoms with Gasteiger partial charge >= 0.3 is 0 Å². The van der Waals surface area contributed by atoms with Crippen LogP contribution in [0.5, 0.6) is 0 Å². The van der Waals surface area contributed by atoms with Crippen LogP contribution in [0.3, 0.4) is 0 Å².